The maximum absolute atomic E-state index is 13.1. The minimum atomic E-state index is -1.57. The van der Waals surface area contributed by atoms with Gasteiger partial charge in [-0.3, -0.25) is 4.79 Å². The zero-order valence-corrected chi connectivity index (χ0v) is 45.3. The second kappa shape index (κ2) is 50.2. The first-order valence-corrected chi connectivity index (χ1v) is 30.1. The molecule has 0 aliphatic carbocycles. The number of carbonyl (C=O) groups is 1. The van der Waals surface area contributed by atoms with E-state index < -0.39 is 49.5 Å². The van der Waals surface area contributed by atoms with E-state index in [-0.39, 0.29) is 12.5 Å². The van der Waals surface area contributed by atoms with Gasteiger partial charge < -0.3 is 40.3 Å². The number of carbonyl (C=O) groups excluding carboxylic acids is 1. The van der Waals surface area contributed by atoms with Crippen molar-refractivity contribution < 1.29 is 39.8 Å². The van der Waals surface area contributed by atoms with Gasteiger partial charge in [-0.15, -0.1) is 0 Å². The lowest BCUT2D eigenvalue weighted by atomic mass is 9.99. The Morgan fingerprint density at radius 2 is 0.826 bits per heavy atom. The number of aliphatic hydroxyl groups is 5. The number of hydrogen-bond acceptors (Lipinski definition) is 8. The molecule has 7 atom stereocenters. The molecule has 9 nitrogen and oxygen atoms in total. The van der Waals surface area contributed by atoms with Crippen LogP contribution in [-0.4, -0.2) is 87.5 Å². The van der Waals surface area contributed by atoms with E-state index in [1.807, 2.05) is 6.08 Å². The highest BCUT2D eigenvalue weighted by atomic mass is 16.7. The van der Waals surface area contributed by atoms with E-state index in [1.54, 1.807) is 6.08 Å². The molecule has 408 valence electrons. The average Bonchev–Trinajstić information content (AvgIpc) is 3.35. The molecule has 1 rings (SSSR count). The standard InChI is InChI=1S/C60H115NO8/c1-3-5-7-9-11-13-15-17-19-21-23-25-27-28-29-31-33-35-37-39-41-43-45-47-49-54(63)53(52-68-60-59(67)58(66)57(65)55(51-62)69-60)61-56(64)50-48-46-44-42-40-38-36-34-32-30-26-24-22-20-18-16-14-12-10-8-6-4-2/h39,41,47,49,53-55,57-60,62-63,65-67H,3-38,40,42-46,48,50-52H2,1-2H3,(H,61,64)/b41-39+,49-47+. The number of rotatable bonds is 52. The maximum Gasteiger partial charge on any atom is 0.220 e. The summed E-state index contributed by atoms with van der Waals surface area (Å²) in [6.07, 6.45) is 56.8. The van der Waals surface area contributed by atoms with Crippen LogP contribution < -0.4 is 5.32 Å². The average molecular weight is 979 g/mol. The predicted molar refractivity (Wildman–Crippen MR) is 290 cm³/mol. The monoisotopic (exact) mass is 978 g/mol. The van der Waals surface area contributed by atoms with Crippen LogP contribution in [0.2, 0.25) is 0 Å². The summed E-state index contributed by atoms with van der Waals surface area (Å²) in [5.41, 5.74) is 0. The van der Waals surface area contributed by atoms with Crippen LogP contribution in [0.15, 0.2) is 24.3 Å². The molecular formula is C60H115NO8. The van der Waals surface area contributed by atoms with E-state index in [2.05, 4.69) is 31.3 Å². The van der Waals surface area contributed by atoms with Crippen molar-refractivity contribution >= 4 is 5.91 Å². The van der Waals surface area contributed by atoms with Gasteiger partial charge in [-0.1, -0.05) is 282 Å². The molecule has 1 amide bonds. The van der Waals surface area contributed by atoms with Crippen molar-refractivity contribution in [1.82, 2.24) is 5.32 Å². The molecule has 0 radical (unpaired) electrons. The van der Waals surface area contributed by atoms with Gasteiger partial charge in [0.2, 0.25) is 5.91 Å². The van der Waals surface area contributed by atoms with Gasteiger partial charge in [0.15, 0.2) is 6.29 Å². The van der Waals surface area contributed by atoms with Crippen molar-refractivity contribution in [3.63, 3.8) is 0 Å². The summed E-state index contributed by atoms with van der Waals surface area (Å²) in [5.74, 6) is -0.180. The van der Waals surface area contributed by atoms with E-state index >= 15 is 0 Å². The lowest BCUT2D eigenvalue weighted by Gasteiger charge is -2.40. The summed E-state index contributed by atoms with van der Waals surface area (Å²) in [7, 11) is 0. The zero-order valence-electron chi connectivity index (χ0n) is 45.3. The summed E-state index contributed by atoms with van der Waals surface area (Å²) < 4.78 is 11.3. The Hall–Kier alpha value is -1.33. The molecule has 0 bridgehead atoms. The van der Waals surface area contributed by atoms with Crippen molar-refractivity contribution in [1.29, 1.82) is 0 Å². The number of allylic oxidation sites excluding steroid dienone is 3. The van der Waals surface area contributed by atoms with Gasteiger partial charge in [0.25, 0.3) is 0 Å². The molecular weight excluding hydrogens is 863 g/mol. The van der Waals surface area contributed by atoms with Crippen LogP contribution in [-0.2, 0) is 14.3 Å². The van der Waals surface area contributed by atoms with Gasteiger partial charge in [-0.05, 0) is 32.1 Å². The highest BCUT2D eigenvalue weighted by Crippen LogP contribution is 2.23. The van der Waals surface area contributed by atoms with E-state index in [4.69, 9.17) is 9.47 Å². The number of aliphatic hydroxyl groups excluding tert-OH is 5. The molecule has 1 heterocycles. The van der Waals surface area contributed by atoms with Crippen molar-refractivity contribution in [2.75, 3.05) is 13.2 Å². The van der Waals surface area contributed by atoms with Gasteiger partial charge in [-0.25, -0.2) is 0 Å². The molecule has 0 aromatic heterocycles. The largest absolute Gasteiger partial charge is 0.394 e. The fourth-order valence-corrected chi connectivity index (χ4v) is 9.76. The molecule has 0 aromatic rings. The Kier molecular flexibility index (Phi) is 47.8. The molecule has 1 saturated heterocycles. The Morgan fingerprint density at radius 1 is 0.478 bits per heavy atom. The van der Waals surface area contributed by atoms with Crippen LogP contribution >= 0.6 is 0 Å². The summed E-state index contributed by atoms with van der Waals surface area (Å²) in [6.45, 7) is 3.81. The predicted octanol–water partition coefficient (Wildman–Crippen LogP) is 15.0. The molecule has 9 heteroatoms. The second-order valence-corrected chi connectivity index (χ2v) is 21.1. The highest BCUT2D eigenvalue weighted by Gasteiger charge is 2.44. The Bertz CT molecular complexity index is 1130. The van der Waals surface area contributed by atoms with Gasteiger partial charge >= 0.3 is 0 Å². The first kappa shape index (κ1) is 65.7. The van der Waals surface area contributed by atoms with E-state index in [0.29, 0.717) is 6.42 Å². The zero-order chi connectivity index (χ0) is 50.1. The number of amides is 1. The third kappa shape index (κ3) is 39.8. The summed E-state index contributed by atoms with van der Waals surface area (Å²) in [5, 5.41) is 54.5. The third-order valence-electron chi connectivity index (χ3n) is 14.5. The fourth-order valence-electron chi connectivity index (χ4n) is 9.76. The minimum absolute atomic E-state index is 0.180. The molecule has 7 unspecified atom stereocenters. The van der Waals surface area contributed by atoms with Gasteiger partial charge in [-0.2, -0.15) is 0 Å². The summed E-state index contributed by atoms with van der Waals surface area (Å²) >= 11 is 0. The lowest BCUT2D eigenvalue weighted by molar-refractivity contribution is -0.302. The first-order chi connectivity index (χ1) is 33.8. The number of nitrogens with one attached hydrogen (secondary N) is 1. The quantitative estimate of drug-likeness (QED) is 0.0261. The van der Waals surface area contributed by atoms with Crippen molar-refractivity contribution in [2.24, 2.45) is 0 Å². The van der Waals surface area contributed by atoms with Crippen LogP contribution in [0.3, 0.4) is 0 Å². The molecule has 0 aromatic carbocycles. The van der Waals surface area contributed by atoms with E-state index in [0.717, 1.165) is 38.5 Å². The Labute approximate surface area is 426 Å². The first-order valence-electron chi connectivity index (χ1n) is 30.1. The Balaban J connectivity index is 2.22. The van der Waals surface area contributed by atoms with Crippen LogP contribution in [0.5, 0.6) is 0 Å². The number of hydrogen-bond donors (Lipinski definition) is 6. The molecule has 1 aliphatic rings. The smallest absolute Gasteiger partial charge is 0.220 e. The highest BCUT2D eigenvalue weighted by molar-refractivity contribution is 5.76. The minimum Gasteiger partial charge on any atom is -0.394 e. The van der Waals surface area contributed by atoms with Crippen molar-refractivity contribution in [3.8, 4) is 0 Å². The van der Waals surface area contributed by atoms with Crippen LogP contribution in [0.25, 0.3) is 0 Å². The van der Waals surface area contributed by atoms with Gasteiger partial charge in [0, 0.05) is 6.42 Å². The fraction of sp³-hybridized carbons (Fsp3) is 0.917. The summed E-state index contributed by atoms with van der Waals surface area (Å²) in [4.78, 5) is 13.1. The van der Waals surface area contributed by atoms with Crippen molar-refractivity contribution in [2.45, 2.75) is 339 Å². The maximum atomic E-state index is 13.1. The third-order valence-corrected chi connectivity index (χ3v) is 14.5. The van der Waals surface area contributed by atoms with Crippen LogP contribution in [0.1, 0.15) is 296 Å². The van der Waals surface area contributed by atoms with Gasteiger partial charge in [0.05, 0.1) is 25.4 Å². The molecule has 0 spiro atoms. The van der Waals surface area contributed by atoms with E-state index in [1.165, 1.54) is 238 Å². The number of unbranched alkanes of at least 4 members (excludes halogenated alkanes) is 40. The molecule has 69 heavy (non-hydrogen) atoms. The molecule has 0 saturated carbocycles. The topological polar surface area (TPSA) is 149 Å². The summed E-state index contributed by atoms with van der Waals surface area (Å²) in [6, 6.07) is -0.819. The van der Waals surface area contributed by atoms with E-state index in [9.17, 15) is 30.3 Å². The second-order valence-electron chi connectivity index (χ2n) is 21.1. The van der Waals surface area contributed by atoms with Gasteiger partial charge in [0.1, 0.15) is 24.4 Å². The van der Waals surface area contributed by atoms with Crippen LogP contribution in [0, 0.1) is 0 Å². The van der Waals surface area contributed by atoms with Crippen LogP contribution in [0.4, 0.5) is 0 Å². The number of ether oxygens (including phenoxy) is 2. The van der Waals surface area contributed by atoms with Crippen molar-refractivity contribution in [3.05, 3.63) is 24.3 Å². The Morgan fingerprint density at radius 3 is 1.22 bits per heavy atom. The molecule has 6 N–H and O–H groups in total. The SMILES string of the molecule is CCCCCCCCCCCCCCCCCCCC/C=C/CC/C=C/C(O)C(COC1OC(CO)C(O)C(O)C1O)NC(=O)CCCCCCCCCCCCCCCCCCCCCCCC. The normalized spacial score (nSPS) is 19.6. The lowest BCUT2D eigenvalue weighted by Crippen LogP contribution is -2.60. The molecule has 1 aliphatic heterocycles. The molecule has 1 fully saturated rings.